The van der Waals surface area contributed by atoms with Crippen LogP contribution in [0.4, 0.5) is 11.4 Å². The molecule has 0 aliphatic carbocycles. The smallest absolute Gasteiger partial charge is 0.335 e. The Hall–Kier alpha value is -3.42. The SMILES string of the molecule is COc1ccc(C(=O)O)cc1N=Nc1cc(C(=O)O)ccc1OC. The number of hydrogen-bond donors (Lipinski definition) is 2. The largest absolute Gasteiger partial charge is 0.494 e. The van der Waals surface area contributed by atoms with Crippen molar-refractivity contribution in [2.75, 3.05) is 14.2 Å². The second kappa shape index (κ2) is 7.23. The Kier molecular flexibility index (Phi) is 5.10. The molecule has 0 fully saturated rings. The van der Waals surface area contributed by atoms with Crippen LogP contribution in [0.15, 0.2) is 46.6 Å². The van der Waals surface area contributed by atoms with Crippen molar-refractivity contribution in [1.29, 1.82) is 0 Å². The molecule has 2 aromatic carbocycles. The second-order valence-electron chi connectivity index (χ2n) is 4.58. The highest BCUT2D eigenvalue weighted by molar-refractivity contribution is 5.90. The zero-order chi connectivity index (χ0) is 17.7. The van der Waals surface area contributed by atoms with Crippen LogP contribution in [0.5, 0.6) is 11.5 Å². The van der Waals surface area contributed by atoms with E-state index in [-0.39, 0.29) is 22.5 Å². The Morgan fingerprint density at radius 3 is 1.46 bits per heavy atom. The number of carboxylic acids is 2. The Morgan fingerprint density at radius 2 is 1.17 bits per heavy atom. The summed E-state index contributed by atoms with van der Waals surface area (Å²) in [5, 5.41) is 26.0. The summed E-state index contributed by atoms with van der Waals surface area (Å²) in [6.45, 7) is 0. The molecule has 8 nitrogen and oxygen atoms in total. The van der Waals surface area contributed by atoms with Gasteiger partial charge in [-0.15, -0.1) is 10.2 Å². The van der Waals surface area contributed by atoms with Crippen molar-refractivity contribution in [3.8, 4) is 11.5 Å². The summed E-state index contributed by atoms with van der Waals surface area (Å²) >= 11 is 0. The van der Waals surface area contributed by atoms with Crippen LogP contribution in [0, 0.1) is 0 Å². The third-order valence-electron chi connectivity index (χ3n) is 3.12. The summed E-state index contributed by atoms with van der Waals surface area (Å²) in [6, 6.07) is 8.29. The Balaban J connectivity index is 2.47. The lowest BCUT2D eigenvalue weighted by Gasteiger charge is -2.06. The Labute approximate surface area is 137 Å². The number of methoxy groups -OCH3 is 2. The lowest BCUT2D eigenvalue weighted by atomic mass is 10.2. The average Bonchev–Trinajstić information content (AvgIpc) is 2.59. The molecule has 2 rings (SSSR count). The zero-order valence-corrected chi connectivity index (χ0v) is 12.9. The molecule has 0 heterocycles. The molecule has 2 aromatic rings. The highest BCUT2D eigenvalue weighted by Crippen LogP contribution is 2.33. The minimum atomic E-state index is -1.11. The zero-order valence-electron chi connectivity index (χ0n) is 12.9. The molecule has 0 unspecified atom stereocenters. The number of hydrogen-bond acceptors (Lipinski definition) is 6. The second-order valence-corrected chi connectivity index (χ2v) is 4.58. The first kappa shape index (κ1) is 16.9. The van der Waals surface area contributed by atoms with E-state index in [1.165, 1.54) is 50.6 Å². The molecule has 2 N–H and O–H groups in total. The predicted molar refractivity (Wildman–Crippen MR) is 84.1 cm³/mol. The maximum atomic E-state index is 11.0. The molecule has 0 saturated carbocycles. The monoisotopic (exact) mass is 330 g/mol. The number of carbonyl (C=O) groups is 2. The molecule has 0 spiro atoms. The van der Waals surface area contributed by atoms with Gasteiger partial charge in [-0.05, 0) is 36.4 Å². The minimum Gasteiger partial charge on any atom is -0.494 e. The van der Waals surface area contributed by atoms with E-state index >= 15 is 0 Å². The third kappa shape index (κ3) is 3.67. The normalized spacial score (nSPS) is 10.6. The van der Waals surface area contributed by atoms with Crippen LogP contribution < -0.4 is 9.47 Å². The summed E-state index contributed by atoms with van der Waals surface area (Å²) in [6.07, 6.45) is 0. The van der Waals surface area contributed by atoms with E-state index in [1.807, 2.05) is 0 Å². The first-order chi connectivity index (χ1) is 11.5. The van der Waals surface area contributed by atoms with Gasteiger partial charge in [0, 0.05) is 0 Å². The van der Waals surface area contributed by atoms with Crippen molar-refractivity contribution in [3.05, 3.63) is 47.5 Å². The molecule has 8 heteroatoms. The number of ether oxygens (including phenoxy) is 2. The van der Waals surface area contributed by atoms with E-state index in [9.17, 15) is 9.59 Å². The van der Waals surface area contributed by atoms with Gasteiger partial charge in [0.1, 0.15) is 22.9 Å². The van der Waals surface area contributed by atoms with Crippen LogP contribution >= 0.6 is 0 Å². The van der Waals surface area contributed by atoms with Crippen molar-refractivity contribution >= 4 is 23.3 Å². The standard InChI is InChI=1S/C16H14N2O6/c1-23-13-5-3-9(15(19)20)7-11(13)17-18-12-8-10(16(21)22)4-6-14(12)24-2/h3-8H,1-2H3,(H,19,20)(H,21,22). The maximum absolute atomic E-state index is 11.0. The van der Waals surface area contributed by atoms with Gasteiger partial charge in [-0.2, -0.15) is 0 Å². The van der Waals surface area contributed by atoms with E-state index in [0.717, 1.165) is 0 Å². The molecule has 0 aliphatic rings. The fourth-order valence-electron chi connectivity index (χ4n) is 1.91. The Bertz CT molecular complexity index is 749. The van der Waals surface area contributed by atoms with Crippen molar-refractivity contribution in [3.63, 3.8) is 0 Å². The van der Waals surface area contributed by atoms with Gasteiger partial charge in [0.25, 0.3) is 0 Å². The van der Waals surface area contributed by atoms with E-state index in [4.69, 9.17) is 19.7 Å². The van der Waals surface area contributed by atoms with E-state index in [0.29, 0.717) is 11.5 Å². The molecular formula is C16H14N2O6. The minimum absolute atomic E-state index is 0.0241. The van der Waals surface area contributed by atoms with Crippen LogP contribution in [-0.4, -0.2) is 36.4 Å². The van der Waals surface area contributed by atoms with E-state index < -0.39 is 11.9 Å². The quantitative estimate of drug-likeness (QED) is 0.782. The summed E-state index contributed by atoms with van der Waals surface area (Å²) in [5.74, 6) is -1.56. The lowest BCUT2D eigenvalue weighted by Crippen LogP contribution is -1.96. The molecule has 0 bridgehead atoms. The number of benzene rings is 2. The summed E-state index contributed by atoms with van der Waals surface area (Å²) in [5.41, 5.74) is 0.437. The first-order valence-electron chi connectivity index (χ1n) is 6.70. The van der Waals surface area contributed by atoms with Crippen LogP contribution in [0.3, 0.4) is 0 Å². The van der Waals surface area contributed by atoms with Crippen molar-refractivity contribution in [1.82, 2.24) is 0 Å². The topological polar surface area (TPSA) is 118 Å². The number of nitrogens with zero attached hydrogens (tertiary/aromatic N) is 2. The Morgan fingerprint density at radius 1 is 0.792 bits per heavy atom. The molecular weight excluding hydrogens is 316 g/mol. The third-order valence-corrected chi connectivity index (χ3v) is 3.12. The first-order valence-corrected chi connectivity index (χ1v) is 6.70. The van der Waals surface area contributed by atoms with Crippen LogP contribution in [0.2, 0.25) is 0 Å². The van der Waals surface area contributed by atoms with Gasteiger partial charge in [-0.25, -0.2) is 9.59 Å². The van der Waals surface area contributed by atoms with Gasteiger partial charge in [0.15, 0.2) is 0 Å². The van der Waals surface area contributed by atoms with Gasteiger partial charge in [-0.1, -0.05) is 0 Å². The molecule has 0 aromatic heterocycles. The molecule has 0 saturated heterocycles. The number of carboxylic acid groups (broad SMARTS) is 2. The molecule has 0 atom stereocenters. The number of aromatic carboxylic acids is 2. The van der Waals surface area contributed by atoms with Gasteiger partial charge >= 0.3 is 11.9 Å². The molecule has 0 aliphatic heterocycles. The van der Waals surface area contributed by atoms with Crippen molar-refractivity contribution in [2.24, 2.45) is 10.2 Å². The van der Waals surface area contributed by atoms with Gasteiger partial charge in [0.05, 0.1) is 25.3 Å². The van der Waals surface area contributed by atoms with Crippen molar-refractivity contribution < 1.29 is 29.3 Å². The van der Waals surface area contributed by atoms with Crippen LogP contribution in [0.25, 0.3) is 0 Å². The summed E-state index contributed by atoms with van der Waals surface area (Å²) in [4.78, 5) is 22.1. The van der Waals surface area contributed by atoms with E-state index in [1.54, 1.807) is 0 Å². The van der Waals surface area contributed by atoms with Gasteiger partial charge in [0.2, 0.25) is 0 Å². The van der Waals surface area contributed by atoms with Crippen LogP contribution in [0.1, 0.15) is 20.7 Å². The van der Waals surface area contributed by atoms with Gasteiger partial charge in [-0.3, -0.25) is 0 Å². The summed E-state index contributed by atoms with van der Waals surface area (Å²) in [7, 11) is 2.83. The number of azo groups is 1. The fraction of sp³-hybridized carbons (Fsp3) is 0.125. The molecule has 0 amide bonds. The van der Waals surface area contributed by atoms with E-state index in [2.05, 4.69) is 10.2 Å². The highest BCUT2D eigenvalue weighted by Gasteiger charge is 2.11. The average molecular weight is 330 g/mol. The maximum Gasteiger partial charge on any atom is 0.335 e. The molecule has 0 radical (unpaired) electrons. The number of rotatable bonds is 6. The fourth-order valence-corrected chi connectivity index (χ4v) is 1.91. The van der Waals surface area contributed by atoms with Crippen LogP contribution in [-0.2, 0) is 0 Å². The summed E-state index contributed by atoms with van der Waals surface area (Å²) < 4.78 is 10.2. The predicted octanol–water partition coefficient (Wildman–Crippen LogP) is 3.52. The molecule has 124 valence electrons. The lowest BCUT2D eigenvalue weighted by molar-refractivity contribution is 0.0686. The van der Waals surface area contributed by atoms with Gasteiger partial charge < -0.3 is 19.7 Å². The van der Waals surface area contributed by atoms with Crippen molar-refractivity contribution in [2.45, 2.75) is 0 Å². The molecule has 24 heavy (non-hydrogen) atoms. The highest BCUT2D eigenvalue weighted by atomic mass is 16.5.